The van der Waals surface area contributed by atoms with Crippen LogP contribution in [-0.4, -0.2) is 13.3 Å². The molecule has 0 aromatic rings. The predicted molar refractivity (Wildman–Crippen MR) is 56.8 cm³/mol. The molecule has 0 rings (SSSR count). The molecule has 0 heterocycles. The molecular formula is C11H19N. The van der Waals surface area contributed by atoms with Crippen molar-refractivity contribution in [2.45, 2.75) is 33.6 Å². The maximum atomic E-state index is 4.04. The van der Waals surface area contributed by atoms with Gasteiger partial charge in [-0.05, 0) is 31.4 Å². The van der Waals surface area contributed by atoms with Crippen LogP contribution in [0.1, 0.15) is 33.6 Å². The van der Waals surface area contributed by atoms with Gasteiger partial charge < -0.3 is 0 Å². The molecule has 0 aliphatic heterocycles. The average Bonchev–Trinajstić information content (AvgIpc) is 1.99. The van der Waals surface area contributed by atoms with Gasteiger partial charge in [0.1, 0.15) is 0 Å². The van der Waals surface area contributed by atoms with Gasteiger partial charge in [0.15, 0.2) is 0 Å². The highest BCUT2D eigenvalue weighted by molar-refractivity contribution is 5.85. The Morgan fingerprint density at radius 2 is 2.00 bits per heavy atom. The Balaban J connectivity index is 4.54. The number of hydrogen-bond donors (Lipinski definition) is 0. The Bertz CT molecular complexity index is 205. The summed E-state index contributed by atoms with van der Waals surface area (Å²) in [4.78, 5) is 4.02. The zero-order chi connectivity index (χ0) is 9.56. The Morgan fingerprint density at radius 1 is 1.42 bits per heavy atom. The topological polar surface area (TPSA) is 12.4 Å². The van der Waals surface area contributed by atoms with E-state index in [-0.39, 0.29) is 0 Å². The fraction of sp³-hybridized carbons (Fsp3) is 0.545. The van der Waals surface area contributed by atoms with Crippen LogP contribution >= 0.6 is 0 Å². The summed E-state index contributed by atoms with van der Waals surface area (Å²) >= 11 is 0. The number of rotatable bonds is 4. The largest absolute Gasteiger partial charge is 0.296 e. The summed E-state index contributed by atoms with van der Waals surface area (Å²) in [5, 5.41) is 0. The minimum absolute atomic E-state index is 1.06. The average molecular weight is 165 g/mol. The van der Waals surface area contributed by atoms with Crippen LogP contribution in [0.4, 0.5) is 0 Å². The van der Waals surface area contributed by atoms with Crippen molar-refractivity contribution >= 4 is 6.21 Å². The summed E-state index contributed by atoms with van der Waals surface area (Å²) in [6.07, 6.45) is 4.10. The third-order valence-corrected chi connectivity index (χ3v) is 1.73. The lowest BCUT2D eigenvalue weighted by molar-refractivity contribution is 0.921. The molecule has 0 aliphatic rings. The molecule has 0 aromatic heterocycles. The lowest BCUT2D eigenvalue weighted by Crippen LogP contribution is -1.92. The van der Waals surface area contributed by atoms with E-state index in [0.717, 1.165) is 12.8 Å². The lowest BCUT2D eigenvalue weighted by atomic mass is 10.0. The third kappa shape index (κ3) is 3.51. The summed E-state index contributed by atoms with van der Waals surface area (Å²) < 4.78 is 0. The second-order valence-corrected chi connectivity index (χ2v) is 3.15. The van der Waals surface area contributed by atoms with Crippen LogP contribution in [0.5, 0.6) is 0 Å². The molecule has 12 heavy (non-hydrogen) atoms. The zero-order valence-electron chi connectivity index (χ0n) is 8.65. The van der Waals surface area contributed by atoms with E-state index < -0.39 is 0 Å². The van der Waals surface area contributed by atoms with E-state index in [2.05, 4.69) is 32.3 Å². The molecule has 0 radical (unpaired) electrons. The monoisotopic (exact) mass is 165 g/mol. The highest BCUT2D eigenvalue weighted by Gasteiger charge is 2.00. The number of nitrogens with zero attached hydrogens (tertiary/aromatic N) is 1. The molecule has 0 bridgehead atoms. The Hall–Kier alpha value is -0.850. The maximum absolute atomic E-state index is 4.04. The van der Waals surface area contributed by atoms with Gasteiger partial charge in [-0.15, -0.1) is 0 Å². The fourth-order valence-corrected chi connectivity index (χ4v) is 1.14. The minimum Gasteiger partial charge on any atom is -0.296 e. The maximum Gasteiger partial charge on any atom is 0.0283 e. The lowest BCUT2D eigenvalue weighted by Gasteiger charge is -2.06. The van der Waals surface area contributed by atoms with E-state index in [1.54, 1.807) is 7.05 Å². The number of allylic oxidation sites excluding steroid dienone is 3. The van der Waals surface area contributed by atoms with Crippen molar-refractivity contribution in [2.75, 3.05) is 7.05 Å². The van der Waals surface area contributed by atoms with Gasteiger partial charge in [0.25, 0.3) is 0 Å². The first-order valence-electron chi connectivity index (χ1n) is 4.41. The van der Waals surface area contributed by atoms with Gasteiger partial charge in [0.05, 0.1) is 0 Å². The number of hydrogen-bond acceptors (Lipinski definition) is 1. The number of aliphatic imine (C=N–C) groups is 1. The summed E-state index contributed by atoms with van der Waals surface area (Å²) in [7, 11) is 1.79. The van der Waals surface area contributed by atoms with Gasteiger partial charge in [-0.1, -0.05) is 25.5 Å². The van der Waals surface area contributed by atoms with Crippen LogP contribution in [0, 0.1) is 0 Å². The van der Waals surface area contributed by atoms with Crippen molar-refractivity contribution in [3.8, 4) is 0 Å². The highest BCUT2D eigenvalue weighted by atomic mass is 14.6. The zero-order valence-corrected chi connectivity index (χ0v) is 8.65. The molecule has 0 fully saturated rings. The van der Waals surface area contributed by atoms with E-state index in [0.29, 0.717) is 0 Å². The molecular weight excluding hydrogens is 146 g/mol. The van der Waals surface area contributed by atoms with E-state index in [4.69, 9.17) is 0 Å². The van der Waals surface area contributed by atoms with Crippen molar-refractivity contribution in [3.63, 3.8) is 0 Å². The van der Waals surface area contributed by atoms with E-state index >= 15 is 0 Å². The van der Waals surface area contributed by atoms with E-state index in [1.807, 2.05) is 6.21 Å². The smallest absolute Gasteiger partial charge is 0.0283 e. The van der Waals surface area contributed by atoms with Gasteiger partial charge in [-0.25, -0.2) is 0 Å². The first-order chi connectivity index (χ1) is 5.63. The molecule has 1 heteroatoms. The Kier molecular flexibility index (Phi) is 5.35. The molecule has 1 nitrogen and oxygen atoms in total. The molecule has 68 valence electrons. The normalized spacial score (nSPS) is 10.3. The van der Waals surface area contributed by atoms with Gasteiger partial charge in [-0.2, -0.15) is 0 Å². The molecule has 0 amide bonds. The van der Waals surface area contributed by atoms with Crippen LogP contribution in [0.3, 0.4) is 0 Å². The molecule has 0 N–H and O–H groups in total. The second kappa shape index (κ2) is 5.76. The quantitative estimate of drug-likeness (QED) is 0.447. The summed E-state index contributed by atoms with van der Waals surface area (Å²) in [6.45, 7) is 10.4. The van der Waals surface area contributed by atoms with Crippen LogP contribution in [-0.2, 0) is 0 Å². The van der Waals surface area contributed by atoms with Gasteiger partial charge in [-0.3, -0.25) is 4.99 Å². The standard InChI is InChI=1S/C11H19N/c1-6-7-10(4)11(8-12-5)9(2)3/h8H,4,6-7H2,1-3,5H3. The van der Waals surface area contributed by atoms with Gasteiger partial charge in [0, 0.05) is 13.3 Å². The summed E-state index contributed by atoms with van der Waals surface area (Å²) in [6, 6.07) is 0. The SMILES string of the molecule is C=C(CCC)C(C=NC)=C(C)C. The molecule has 0 aliphatic carbocycles. The van der Waals surface area contributed by atoms with Crippen molar-refractivity contribution in [1.82, 2.24) is 0 Å². The molecule has 0 aromatic carbocycles. The molecule has 0 spiro atoms. The molecule has 0 saturated heterocycles. The third-order valence-electron chi connectivity index (χ3n) is 1.73. The highest BCUT2D eigenvalue weighted by Crippen LogP contribution is 2.15. The summed E-state index contributed by atoms with van der Waals surface area (Å²) in [5.74, 6) is 0. The van der Waals surface area contributed by atoms with Crippen LogP contribution in [0.15, 0.2) is 28.3 Å². The second-order valence-electron chi connectivity index (χ2n) is 3.15. The fourth-order valence-electron chi connectivity index (χ4n) is 1.14. The van der Waals surface area contributed by atoms with Crippen LogP contribution in [0.25, 0.3) is 0 Å². The Morgan fingerprint density at radius 3 is 2.33 bits per heavy atom. The van der Waals surface area contributed by atoms with Gasteiger partial charge >= 0.3 is 0 Å². The Labute approximate surface area is 75.9 Å². The van der Waals surface area contributed by atoms with Crippen molar-refractivity contribution < 1.29 is 0 Å². The van der Waals surface area contributed by atoms with Crippen molar-refractivity contribution in [3.05, 3.63) is 23.3 Å². The summed E-state index contributed by atoms with van der Waals surface area (Å²) in [5.41, 5.74) is 3.70. The minimum atomic E-state index is 1.06. The van der Waals surface area contributed by atoms with E-state index in [1.165, 1.54) is 16.7 Å². The van der Waals surface area contributed by atoms with Crippen LogP contribution in [0.2, 0.25) is 0 Å². The predicted octanol–water partition coefficient (Wildman–Crippen LogP) is 3.38. The van der Waals surface area contributed by atoms with Gasteiger partial charge in [0.2, 0.25) is 0 Å². The van der Waals surface area contributed by atoms with Crippen LogP contribution < -0.4 is 0 Å². The van der Waals surface area contributed by atoms with E-state index in [9.17, 15) is 0 Å². The molecule has 0 saturated carbocycles. The first-order valence-corrected chi connectivity index (χ1v) is 4.41. The molecule has 0 atom stereocenters. The molecule has 0 unspecified atom stereocenters. The first kappa shape index (κ1) is 11.2. The van der Waals surface area contributed by atoms with Crippen molar-refractivity contribution in [1.29, 1.82) is 0 Å². The van der Waals surface area contributed by atoms with Crippen molar-refractivity contribution in [2.24, 2.45) is 4.99 Å².